The fourth-order valence-corrected chi connectivity index (χ4v) is 6.40. The predicted octanol–water partition coefficient (Wildman–Crippen LogP) is 4.67. The molecule has 0 saturated carbocycles. The van der Waals surface area contributed by atoms with Crippen molar-refractivity contribution < 1.29 is 28.3 Å². The van der Waals surface area contributed by atoms with Gasteiger partial charge in [-0.1, -0.05) is 30.3 Å². The van der Waals surface area contributed by atoms with Crippen LogP contribution >= 0.6 is 11.8 Å². The molecule has 0 aliphatic heterocycles. The van der Waals surface area contributed by atoms with E-state index < -0.39 is 29.5 Å². The van der Waals surface area contributed by atoms with Gasteiger partial charge in [-0.15, -0.1) is 0 Å². The van der Waals surface area contributed by atoms with Crippen LogP contribution in [0.25, 0.3) is 21.9 Å². The molecule has 1 aliphatic rings. The Kier molecular flexibility index (Phi) is 9.31. The first-order valence-electron chi connectivity index (χ1n) is 14.2. The maximum atomic E-state index is 13.2. The zero-order valence-electron chi connectivity index (χ0n) is 23.5. The molecule has 10 heteroatoms. The number of hydrogen-bond donors (Lipinski definition) is 3. The van der Waals surface area contributed by atoms with Gasteiger partial charge in [0.2, 0.25) is 11.8 Å². The van der Waals surface area contributed by atoms with Crippen molar-refractivity contribution in [1.82, 2.24) is 10.6 Å². The van der Waals surface area contributed by atoms with E-state index in [-0.39, 0.29) is 31.4 Å². The minimum Gasteiger partial charge on any atom is -0.481 e. The van der Waals surface area contributed by atoms with Gasteiger partial charge in [0.05, 0.1) is 12.0 Å². The summed E-state index contributed by atoms with van der Waals surface area (Å²) < 4.78 is 11.7. The topological polar surface area (TPSA) is 139 Å². The second kappa shape index (κ2) is 13.3. The third kappa shape index (κ3) is 6.87. The van der Waals surface area contributed by atoms with E-state index in [1.165, 1.54) is 17.3 Å². The average molecular weight is 591 g/mol. The first-order chi connectivity index (χ1) is 20.3. The third-order valence-corrected chi connectivity index (χ3v) is 8.72. The van der Waals surface area contributed by atoms with Crippen molar-refractivity contribution in [2.45, 2.75) is 63.7 Å². The summed E-state index contributed by atoms with van der Waals surface area (Å²) in [6.45, 7) is 1.99. The first-order valence-corrected chi connectivity index (χ1v) is 15.4. The van der Waals surface area contributed by atoms with Crippen LogP contribution in [-0.2, 0) is 39.4 Å². The molecule has 2 aromatic carbocycles. The Morgan fingerprint density at radius 1 is 1.02 bits per heavy atom. The Hall–Kier alpha value is -4.05. The molecule has 2 amide bonds. The van der Waals surface area contributed by atoms with Crippen molar-refractivity contribution in [2.24, 2.45) is 0 Å². The van der Waals surface area contributed by atoms with Gasteiger partial charge in [0, 0.05) is 53.3 Å². The van der Waals surface area contributed by atoms with Crippen LogP contribution in [0.1, 0.15) is 53.7 Å². The lowest BCUT2D eigenvalue weighted by Crippen LogP contribution is -2.49. The molecule has 3 N–H and O–H groups in total. The summed E-state index contributed by atoms with van der Waals surface area (Å²) in [4.78, 5) is 50.0. The monoisotopic (exact) mass is 590 g/mol. The molecule has 5 rings (SSSR count). The molecule has 2 heterocycles. The van der Waals surface area contributed by atoms with Gasteiger partial charge in [0.15, 0.2) is 0 Å². The molecule has 2 aromatic heterocycles. The van der Waals surface area contributed by atoms with Gasteiger partial charge < -0.3 is 24.6 Å². The SMILES string of the molecule is Cc1c(CC(=O)N[C@H](CSCc2ccccc2)C(=O)NCCCC(=O)O)c(=O)oc2cc3oc4c(c3cc12)CCCC4. The lowest BCUT2D eigenvalue weighted by atomic mass is 9.94. The summed E-state index contributed by atoms with van der Waals surface area (Å²) >= 11 is 1.50. The Labute approximate surface area is 247 Å². The highest BCUT2D eigenvalue weighted by atomic mass is 32.2. The molecular formula is C32H34N2O7S. The number of rotatable bonds is 12. The average Bonchev–Trinajstić information content (AvgIpc) is 3.34. The Balaban J connectivity index is 1.32. The molecule has 0 spiro atoms. The van der Waals surface area contributed by atoms with E-state index in [1.807, 2.05) is 43.3 Å². The molecule has 0 unspecified atom stereocenters. The number of carbonyl (C=O) groups is 3. The number of nitrogens with one attached hydrogen (secondary N) is 2. The van der Waals surface area contributed by atoms with E-state index in [2.05, 4.69) is 10.6 Å². The normalized spacial score (nSPS) is 13.5. The third-order valence-electron chi connectivity index (χ3n) is 7.61. The minimum atomic E-state index is -0.939. The molecule has 1 atom stereocenters. The molecule has 4 aromatic rings. The fourth-order valence-electron chi connectivity index (χ4n) is 5.38. The summed E-state index contributed by atoms with van der Waals surface area (Å²) in [6.07, 6.45) is 4.01. The van der Waals surface area contributed by atoms with Gasteiger partial charge in [-0.05, 0) is 49.8 Å². The van der Waals surface area contributed by atoms with Gasteiger partial charge >= 0.3 is 11.6 Å². The summed E-state index contributed by atoms with van der Waals surface area (Å²) in [7, 11) is 0. The van der Waals surface area contributed by atoms with E-state index in [0.717, 1.165) is 47.8 Å². The van der Waals surface area contributed by atoms with E-state index in [9.17, 15) is 19.2 Å². The van der Waals surface area contributed by atoms with Gasteiger partial charge in [-0.3, -0.25) is 14.4 Å². The number of carboxylic acids is 1. The van der Waals surface area contributed by atoms with Crippen molar-refractivity contribution in [3.8, 4) is 0 Å². The van der Waals surface area contributed by atoms with Gasteiger partial charge in [-0.25, -0.2) is 4.79 Å². The highest BCUT2D eigenvalue weighted by Crippen LogP contribution is 2.35. The van der Waals surface area contributed by atoms with Gasteiger partial charge in [0.25, 0.3) is 0 Å². The number of aryl methyl sites for hydroxylation is 3. The van der Waals surface area contributed by atoms with Gasteiger partial charge in [0.1, 0.15) is 23.0 Å². The maximum absolute atomic E-state index is 13.2. The quantitative estimate of drug-likeness (QED) is 0.160. The van der Waals surface area contributed by atoms with Crippen LogP contribution in [0.15, 0.2) is 56.1 Å². The summed E-state index contributed by atoms with van der Waals surface area (Å²) in [5.74, 6) is 0.134. The predicted molar refractivity (Wildman–Crippen MR) is 162 cm³/mol. The van der Waals surface area contributed by atoms with Crippen LogP contribution in [-0.4, -0.2) is 41.2 Å². The van der Waals surface area contributed by atoms with Crippen LogP contribution in [0.5, 0.6) is 0 Å². The number of aliphatic carboxylic acids is 1. The maximum Gasteiger partial charge on any atom is 0.340 e. The van der Waals surface area contributed by atoms with Crippen LogP contribution in [0, 0.1) is 6.92 Å². The molecule has 42 heavy (non-hydrogen) atoms. The molecule has 220 valence electrons. The lowest BCUT2D eigenvalue weighted by Gasteiger charge is -2.19. The number of carbonyl (C=O) groups excluding carboxylic acids is 2. The smallest absolute Gasteiger partial charge is 0.340 e. The molecule has 0 saturated heterocycles. The lowest BCUT2D eigenvalue weighted by molar-refractivity contribution is -0.137. The summed E-state index contributed by atoms with van der Waals surface area (Å²) in [6, 6.07) is 12.7. The van der Waals surface area contributed by atoms with Crippen molar-refractivity contribution in [3.05, 3.63) is 80.9 Å². The second-order valence-corrected chi connectivity index (χ2v) is 11.7. The highest BCUT2D eigenvalue weighted by molar-refractivity contribution is 7.98. The Morgan fingerprint density at radius 3 is 2.57 bits per heavy atom. The number of benzene rings is 2. The van der Waals surface area contributed by atoms with E-state index in [4.69, 9.17) is 13.9 Å². The van der Waals surface area contributed by atoms with E-state index >= 15 is 0 Å². The van der Waals surface area contributed by atoms with Crippen LogP contribution in [0.4, 0.5) is 0 Å². The molecule has 0 fully saturated rings. The Morgan fingerprint density at radius 2 is 1.79 bits per heavy atom. The van der Waals surface area contributed by atoms with Crippen LogP contribution in [0.3, 0.4) is 0 Å². The van der Waals surface area contributed by atoms with Crippen molar-refractivity contribution >= 4 is 51.5 Å². The molecule has 9 nitrogen and oxygen atoms in total. The molecule has 1 aliphatic carbocycles. The largest absolute Gasteiger partial charge is 0.481 e. The summed E-state index contributed by atoms with van der Waals surface area (Å²) in [5.41, 5.74) is 3.72. The first kappa shape index (κ1) is 29.4. The van der Waals surface area contributed by atoms with Crippen molar-refractivity contribution in [1.29, 1.82) is 0 Å². The van der Waals surface area contributed by atoms with Crippen molar-refractivity contribution in [3.63, 3.8) is 0 Å². The standard InChI is InChI=1S/C32H34N2O7S/c1-19-22-14-24-21-10-5-6-11-26(21)40-28(24)16-27(22)41-32(39)23(19)15-29(35)34-25(31(38)33-13-7-12-30(36)37)18-42-17-20-8-3-2-4-9-20/h2-4,8-9,14,16,25H,5-7,10-13,15,17-18H2,1H3,(H,33,38)(H,34,35)(H,36,37)/t25-/m1/s1. The molecule has 0 bridgehead atoms. The number of furan rings is 1. The second-order valence-electron chi connectivity index (χ2n) is 10.6. The van der Waals surface area contributed by atoms with Gasteiger partial charge in [-0.2, -0.15) is 11.8 Å². The number of thioether (sulfide) groups is 1. The number of carboxylic acid groups (broad SMARTS) is 1. The fraction of sp³-hybridized carbons (Fsp3) is 0.375. The number of hydrogen-bond acceptors (Lipinski definition) is 7. The van der Waals surface area contributed by atoms with E-state index in [0.29, 0.717) is 28.2 Å². The van der Waals surface area contributed by atoms with Crippen LogP contribution < -0.4 is 16.3 Å². The zero-order valence-corrected chi connectivity index (χ0v) is 24.3. The Bertz CT molecular complexity index is 1680. The zero-order chi connectivity index (χ0) is 29.6. The van der Waals surface area contributed by atoms with Crippen LogP contribution in [0.2, 0.25) is 0 Å². The summed E-state index contributed by atoms with van der Waals surface area (Å²) in [5, 5.41) is 16.1. The molecular weight excluding hydrogens is 556 g/mol. The number of fused-ring (bicyclic) bond motifs is 4. The van der Waals surface area contributed by atoms with Crippen molar-refractivity contribution in [2.75, 3.05) is 12.3 Å². The van der Waals surface area contributed by atoms with E-state index in [1.54, 1.807) is 6.07 Å². The molecule has 0 radical (unpaired) electrons. The number of amides is 2. The minimum absolute atomic E-state index is 0.0645. The highest BCUT2D eigenvalue weighted by Gasteiger charge is 2.24.